The fourth-order valence-corrected chi connectivity index (χ4v) is 4.71. The standard InChI is InChI=1S/C30H36N2O3.2ClH/c1-24(33)32-21-11-19-30(27-14-5-3-6-15-27,28-16-7-4-8-17-28)18-10-20-31-23-25-12-9-13-26(22-25)29(34)35-2;;/h3-9,12-17,22,31H,10-11,18-21,23H2,1-2H3,(H,32,33);2*1H. The van der Waals surface area contributed by atoms with Gasteiger partial charge in [-0.2, -0.15) is 0 Å². The fourth-order valence-electron chi connectivity index (χ4n) is 4.71. The van der Waals surface area contributed by atoms with Gasteiger partial charge in [0, 0.05) is 25.4 Å². The molecule has 3 rings (SSSR count). The number of esters is 1. The van der Waals surface area contributed by atoms with Gasteiger partial charge in [0.15, 0.2) is 0 Å². The lowest BCUT2D eigenvalue weighted by Gasteiger charge is -2.36. The van der Waals surface area contributed by atoms with Gasteiger partial charge in [-0.25, -0.2) is 4.79 Å². The highest BCUT2D eigenvalue weighted by Crippen LogP contribution is 2.40. The Kier molecular flexibility index (Phi) is 14.6. The van der Waals surface area contributed by atoms with Gasteiger partial charge in [0.2, 0.25) is 5.91 Å². The third-order valence-electron chi connectivity index (χ3n) is 6.44. The van der Waals surface area contributed by atoms with Crippen LogP contribution in [0.2, 0.25) is 0 Å². The maximum absolute atomic E-state index is 11.8. The van der Waals surface area contributed by atoms with E-state index in [0.29, 0.717) is 18.7 Å². The van der Waals surface area contributed by atoms with Gasteiger partial charge in [0.05, 0.1) is 12.7 Å². The summed E-state index contributed by atoms with van der Waals surface area (Å²) in [6.07, 6.45) is 3.82. The number of methoxy groups -OCH3 is 1. The van der Waals surface area contributed by atoms with Gasteiger partial charge >= 0.3 is 5.97 Å². The summed E-state index contributed by atoms with van der Waals surface area (Å²) in [5.41, 5.74) is 4.10. The second-order valence-corrected chi connectivity index (χ2v) is 8.87. The molecule has 2 N–H and O–H groups in total. The van der Waals surface area contributed by atoms with Crippen molar-refractivity contribution in [1.29, 1.82) is 0 Å². The third-order valence-corrected chi connectivity index (χ3v) is 6.44. The molecule has 0 aliphatic heterocycles. The predicted molar refractivity (Wildman–Crippen MR) is 155 cm³/mol. The molecule has 0 saturated carbocycles. The van der Waals surface area contributed by atoms with Crippen LogP contribution in [0.25, 0.3) is 0 Å². The fraction of sp³-hybridized carbons (Fsp3) is 0.333. The topological polar surface area (TPSA) is 67.4 Å². The average molecular weight is 546 g/mol. The molecule has 0 heterocycles. The van der Waals surface area contributed by atoms with Crippen LogP contribution in [0.5, 0.6) is 0 Å². The number of halogens is 2. The molecule has 0 saturated heterocycles. The number of amides is 1. The summed E-state index contributed by atoms with van der Waals surface area (Å²) in [6, 6.07) is 28.9. The Labute approximate surface area is 233 Å². The Balaban J connectivity index is 0.00000342. The summed E-state index contributed by atoms with van der Waals surface area (Å²) >= 11 is 0. The summed E-state index contributed by atoms with van der Waals surface area (Å²) in [5, 5.41) is 6.48. The molecule has 0 atom stereocenters. The molecule has 0 aliphatic carbocycles. The number of ether oxygens (including phenoxy) is 1. The zero-order valence-corrected chi connectivity index (χ0v) is 23.2. The first-order chi connectivity index (χ1) is 17.0. The minimum atomic E-state index is -0.318. The molecule has 0 radical (unpaired) electrons. The Morgan fingerprint density at radius 2 is 1.35 bits per heavy atom. The highest BCUT2D eigenvalue weighted by atomic mass is 35.5. The Bertz CT molecular complexity index is 1040. The second kappa shape index (κ2) is 16.8. The van der Waals surface area contributed by atoms with E-state index < -0.39 is 0 Å². The number of carbonyl (C=O) groups is 2. The van der Waals surface area contributed by atoms with Crippen molar-refractivity contribution < 1.29 is 14.3 Å². The van der Waals surface area contributed by atoms with Crippen molar-refractivity contribution in [1.82, 2.24) is 10.6 Å². The highest BCUT2D eigenvalue weighted by molar-refractivity contribution is 5.89. The number of hydrogen-bond donors (Lipinski definition) is 2. The number of rotatable bonds is 13. The van der Waals surface area contributed by atoms with Crippen molar-refractivity contribution in [2.24, 2.45) is 0 Å². The summed E-state index contributed by atoms with van der Waals surface area (Å²) < 4.78 is 4.83. The molecular formula is C30H38Cl2N2O3. The average Bonchev–Trinajstić information content (AvgIpc) is 2.90. The molecule has 0 aliphatic rings. The molecule has 5 nitrogen and oxygen atoms in total. The van der Waals surface area contributed by atoms with Gasteiger partial charge in [-0.1, -0.05) is 72.8 Å². The lowest BCUT2D eigenvalue weighted by Crippen LogP contribution is -2.31. The maximum atomic E-state index is 11.8. The van der Waals surface area contributed by atoms with Crippen molar-refractivity contribution in [3.63, 3.8) is 0 Å². The first-order valence-corrected chi connectivity index (χ1v) is 12.3. The van der Waals surface area contributed by atoms with Gasteiger partial charge in [-0.15, -0.1) is 24.8 Å². The normalized spacial score (nSPS) is 10.5. The molecule has 1 amide bonds. The van der Waals surface area contributed by atoms with E-state index in [-0.39, 0.29) is 42.1 Å². The first-order valence-electron chi connectivity index (χ1n) is 12.3. The highest BCUT2D eigenvalue weighted by Gasteiger charge is 2.33. The van der Waals surface area contributed by atoms with Gasteiger partial charge in [-0.3, -0.25) is 4.79 Å². The van der Waals surface area contributed by atoms with E-state index in [1.54, 1.807) is 13.0 Å². The quantitative estimate of drug-likeness (QED) is 0.202. The van der Waals surface area contributed by atoms with E-state index in [9.17, 15) is 9.59 Å². The van der Waals surface area contributed by atoms with Crippen LogP contribution in [-0.4, -0.2) is 32.1 Å². The maximum Gasteiger partial charge on any atom is 0.337 e. The lowest BCUT2D eigenvalue weighted by molar-refractivity contribution is -0.118. The molecule has 0 bridgehead atoms. The molecule has 3 aromatic carbocycles. The molecule has 0 spiro atoms. The van der Waals surface area contributed by atoms with E-state index in [1.165, 1.54) is 18.2 Å². The van der Waals surface area contributed by atoms with E-state index in [1.807, 2.05) is 18.2 Å². The molecule has 3 aromatic rings. The van der Waals surface area contributed by atoms with Crippen molar-refractivity contribution >= 4 is 36.7 Å². The third kappa shape index (κ3) is 9.51. The lowest BCUT2D eigenvalue weighted by atomic mass is 9.68. The summed E-state index contributed by atoms with van der Waals surface area (Å²) in [4.78, 5) is 23.2. The number of hydrogen-bond acceptors (Lipinski definition) is 4. The summed E-state index contributed by atoms with van der Waals surface area (Å²) in [6.45, 7) is 3.78. The van der Waals surface area contributed by atoms with Crippen molar-refractivity contribution in [3.8, 4) is 0 Å². The van der Waals surface area contributed by atoms with E-state index in [0.717, 1.165) is 37.8 Å². The van der Waals surface area contributed by atoms with Crippen LogP contribution in [0.1, 0.15) is 59.7 Å². The van der Waals surface area contributed by atoms with Crippen molar-refractivity contribution in [2.75, 3.05) is 20.2 Å². The Hall–Kier alpha value is -2.86. The van der Waals surface area contributed by atoms with Gasteiger partial charge < -0.3 is 15.4 Å². The molecule has 0 fully saturated rings. The largest absolute Gasteiger partial charge is 0.465 e. The van der Waals surface area contributed by atoms with Crippen molar-refractivity contribution in [2.45, 2.75) is 44.6 Å². The van der Waals surface area contributed by atoms with Crippen LogP contribution in [0.15, 0.2) is 84.9 Å². The van der Waals surface area contributed by atoms with Gasteiger partial charge in [-0.05, 0) is 61.1 Å². The van der Waals surface area contributed by atoms with Crippen LogP contribution in [0, 0.1) is 0 Å². The molecule has 0 aromatic heterocycles. The summed E-state index contributed by atoms with van der Waals surface area (Å²) in [5.74, 6) is -0.308. The monoisotopic (exact) mass is 544 g/mol. The predicted octanol–water partition coefficient (Wildman–Crippen LogP) is 6.09. The number of nitrogens with one attached hydrogen (secondary N) is 2. The van der Waals surface area contributed by atoms with Crippen LogP contribution in [0.4, 0.5) is 0 Å². The molecular weight excluding hydrogens is 507 g/mol. The summed E-state index contributed by atoms with van der Waals surface area (Å²) in [7, 11) is 1.40. The van der Waals surface area contributed by atoms with E-state index in [4.69, 9.17) is 4.74 Å². The Morgan fingerprint density at radius 3 is 1.89 bits per heavy atom. The van der Waals surface area contributed by atoms with Gasteiger partial charge in [0.25, 0.3) is 0 Å². The van der Waals surface area contributed by atoms with Crippen molar-refractivity contribution in [3.05, 3.63) is 107 Å². The number of benzene rings is 3. The van der Waals surface area contributed by atoms with Crippen LogP contribution in [-0.2, 0) is 21.5 Å². The minimum absolute atomic E-state index is 0. The van der Waals surface area contributed by atoms with E-state index in [2.05, 4.69) is 71.3 Å². The van der Waals surface area contributed by atoms with E-state index >= 15 is 0 Å². The SMILES string of the molecule is COC(=O)c1cccc(CNCCCC(CCCNC(C)=O)(c2ccccc2)c2ccccc2)c1.Cl.Cl. The second-order valence-electron chi connectivity index (χ2n) is 8.87. The van der Waals surface area contributed by atoms with Crippen LogP contribution < -0.4 is 10.6 Å². The van der Waals surface area contributed by atoms with Crippen LogP contribution in [0.3, 0.4) is 0 Å². The first kappa shape index (κ1) is 32.2. The molecule has 0 unspecified atom stereocenters. The van der Waals surface area contributed by atoms with Gasteiger partial charge in [0.1, 0.15) is 0 Å². The van der Waals surface area contributed by atoms with Crippen LogP contribution >= 0.6 is 24.8 Å². The molecule has 37 heavy (non-hydrogen) atoms. The smallest absolute Gasteiger partial charge is 0.337 e. The molecule has 7 heteroatoms. The zero-order chi connectivity index (χ0) is 24.9. The molecule has 200 valence electrons. The Morgan fingerprint density at radius 1 is 0.784 bits per heavy atom. The zero-order valence-electron chi connectivity index (χ0n) is 21.6. The number of carbonyl (C=O) groups excluding carboxylic acids is 2. The minimum Gasteiger partial charge on any atom is -0.465 e.